The van der Waals surface area contributed by atoms with Gasteiger partial charge in [0, 0.05) is 36.1 Å². The summed E-state index contributed by atoms with van der Waals surface area (Å²) < 4.78 is 31.7. The molecule has 3 aromatic rings. The number of aromatic nitrogens is 1. The SMILES string of the molecule is CCOC(=O)CCN(CCCn1c(-c2ccc(F)cc2)cs/c1=N/c1ccc(Cl)cc1OC)C(=O)OC(C)(C)C. The minimum absolute atomic E-state index is 0.0659. The van der Waals surface area contributed by atoms with Crippen LogP contribution in [0.2, 0.25) is 5.02 Å². The molecule has 0 spiro atoms. The normalized spacial score (nSPS) is 11.8. The second kappa shape index (κ2) is 14.3. The van der Waals surface area contributed by atoms with Crippen LogP contribution in [-0.4, -0.2) is 53.9 Å². The predicted molar refractivity (Wildman–Crippen MR) is 155 cm³/mol. The van der Waals surface area contributed by atoms with Gasteiger partial charge in [0.25, 0.3) is 0 Å². The number of halogens is 2. The monoisotopic (exact) mass is 591 g/mol. The zero-order valence-corrected chi connectivity index (χ0v) is 25.0. The number of carbonyl (C=O) groups is 2. The first kappa shape index (κ1) is 31.2. The third-order valence-corrected chi connectivity index (χ3v) is 6.75. The van der Waals surface area contributed by atoms with E-state index in [1.165, 1.54) is 28.4 Å². The first-order valence-electron chi connectivity index (χ1n) is 13.0. The van der Waals surface area contributed by atoms with Crippen molar-refractivity contribution in [2.75, 3.05) is 26.8 Å². The van der Waals surface area contributed by atoms with Crippen LogP contribution >= 0.6 is 22.9 Å². The predicted octanol–water partition coefficient (Wildman–Crippen LogP) is 6.83. The summed E-state index contributed by atoms with van der Waals surface area (Å²) in [4.78, 5) is 31.9. The second-order valence-electron chi connectivity index (χ2n) is 9.87. The molecule has 0 unspecified atom stereocenters. The van der Waals surface area contributed by atoms with Crippen molar-refractivity contribution in [1.29, 1.82) is 0 Å². The Morgan fingerprint density at radius 1 is 1.12 bits per heavy atom. The highest BCUT2D eigenvalue weighted by atomic mass is 35.5. The van der Waals surface area contributed by atoms with Crippen LogP contribution in [0.3, 0.4) is 0 Å². The number of benzene rings is 2. The first-order chi connectivity index (χ1) is 19.0. The zero-order valence-electron chi connectivity index (χ0n) is 23.4. The Labute approximate surface area is 243 Å². The molecule has 0 aliphatic rings. The van der Waals surface area contributed by atoms with Crippen LogP contribution in [0.4, 0.5) is 14.9 Å². The molecule has 11 heteroatoms. The molecule has 1 aromatic heterocycles. The largest absolute Gasteiger partial charge is 0.494 e. The lowest BCUT2D eigenvalue weighted by atomic mass is 10.1. The fourth-order valence-corrected chi connectivity index (χ4v) is 4.94. The summed E-state index contributed by atoms with van der Waals surface area (Å²) in [5.41, 5.74) is 1.61. The van der Waals surface area contributed by atoms with Crippen LogP contribution in [0.15, 0.2) is 52.8 Å². The molecule has 1 amide bonds. The lowest BCUT2D eigenvalue weighted by Crippen LogP contribution is -2.39. The maximum absolute atomic E-state index is 13.6. The summed E-state index contributed by atoms with van der Waals surface area (Å²) >= 11 is 7.56. The lowest BCUT2D eigenvalue weighted by Gasteiger charge is -2.27. The number of carbonyl (C=O) groups excluding carboxylic acids is 2. The van der Waals surface area contributed by atoms with Gasteiger partial charge in [0.1, 0.15) is 22.9 Å². The number of hydrogen-bond acceptors (Lipinski definition) is 7. The number of hydrogen-bond donors (Lipinski definition) is 0. The van der Waals surface area contributed by atoms with Crippen molar-refractivity contribution in [1.82, 2.24) is 9.47 Å². The van der Waals surface area contributed by atoms with Crippen LogP contribution in [0, 0.1) is 5.82 Å². The van der Waals surface area contributed by atoms with Gasteiger partial charge in [0.05, 0.1) is 25.8 Å². The average molecular weight is 592 g/mol. The Morgan fingerprint density at radius 2 is 1.85 bits per heavy atom. The van der Waals surface area contributed by atoms with E-state index in [1.807, 2.05) is 9.95 Å². The van der Waals surface area contributed by atoms with Crippen molar-refractivity contribution in [2.45, 2.75) is 52.7 Å². The minimum Gasteiger partial charge on any atom is -0.494 e. The Balaban J connectivity index is 1.91. The molecule has 0 bridgehead atoms. The van der Waals surface area contributed by atoms with E-state index in [-0.39, 0.29) is 31.4 Å². The number of rotatable bonds is 11. The molecule has 216 valence electrons. The molecule has 0 aliphatic heterocycles. The molecule has 1 heterocycles. The number of esters is 1. The molecule has 0 atom stereocenters. The van der Waals surface area contributed by atoms with E-state index >= 15 is 0 Å². The van der Waals surface area contributed by atoms with E-state index in [1.54, 1.807) is 65.1 Å². The average Bonchev–Trinajstić information content (AvgIpc) is 3.28. The van der Waals surface area contributed by atoms with E-state index in [0.717, 1.165) is 11.3 Å². The number of methoxy groups -OCH3 is 1. The summed E-state index contributed by atoms with van der Waals surface area (Å²) in [6.07, 6.45) is 0.107. The standard InChI is InChI=1S/C29H35ClFN3O5S/c1-6-38-26(35)14-17-33(28(36)39-29(2,3)4)15-7-16-34-24(20-8-11-22(31)12-9-20)19-40-27(34)32-23-13-10-21(30)18-25(23)37-5/h8-13,18-19H,6-7,14-17H2,1-5H3/b32-27+. The van der Waals surface area contributed by atoms with E-state index in [4.69, 9.17) is 30.8 Å². The van der Waals surface area contributed by atoms with Gasteiger partial charge in [0.15, 0.2) is 4.80 Å². The number of nitrogens with zero attached hydrogens (tertiary/aromatic N) is 3. The van der Waals surface area contributed by atoms with Gasteiger partial charge in [-0.25, -0.2) is 14.2 Å². The van der Waals surface area contributed by atoms with Gasteiger partial charge in [-0.3, -0.25) is 4.79 Å². The maximum atomic E-state index is 13.6. The Morgan fingerprint density at radius 3 is 2.50 bits per heavy atom. The number of amides is 1. The van der Waals surface area contributed by atoms with Crippen LogP contribution in [0.5, 0.6) is 5.75 Å². The van der Waals surface area contributed by atoms with Crippen molar-refractivity contribution in [3.63, 3.8) is 0 Å². The summed E-state index contributed by atoms with van der Waals surface area (Å²) in [6.45, 7) is 8.40. The van der Waals surface area contributed by atoms with Crippen molar-refractivity contribution in [2.24, 2.45) is 4.99 Å². The van der Waals surface area contributed by atoms with Gasteiger partial charge in [-0.1, -0.05) is 11.6 Å². The maximum Gasteiger partial charge on any atom is 0.410 e. The molecule has 0 saturated heterocycles. The zero-order chi connectivity index (χ0) is 29.3. The van der Waals surface area contributed by atoms with Gasteiger partial charge in [0.2, 0.25) is 0 Å². The molecule has 2 aromatic carbocycles. The van der Waals surface area contributed by atoms with Crippen molar-refractivity contribution in [3.8, 4) is 17.0 Å². The summed E-state index contributed by atoms with van der Waals surface area (Å²) in [5.74, 6) is -0.165. The fraction of sp³-hybridized carbons (Fsp3) is 0.414. The molecule has 40 heavy (non-hydrogen) atoms. The van der Waals surface area contributed by atoms with E-state index in [9.17, 15) is 14.0 Å². The molecule has 0 saturated carbocycles. The van der Waals surface area contributed by atoms with Gasteiger partial charge in [-0.05, 0) is 76.1 Å². The van der Waals surface area contributed by atoms with Gasteiger partial charge in [-0.2, -0.15) is 0 Å². The summed E-state index contributed by atoms with van der Waals surface area (Å²) in [7, 11) is 1.55. The number of thiazole rings is 1. The molecule has 3 rings (SSSR count). The number of ether oxygens (including phenoxy) is 3. The first-order valence-corrected chi connectivity index (χ1v) is 14.2. The second-order valence-corrected chi connectivity index (χ2v) is 11.1. The smallest absolute Gasteiger partial charge is 0.410 e. The van der Waals surface area contributed by atoms with Crippen LogP contribution in [-0.2, 0) is 20.8 Å². The van der Waals surface area contributed by atoms with Crippen molar-refractivity contribution >= 4 is 40.7 Å². The van der Waals surface area contributed by atoms with Gasteiger partial charge < -0.3 is 23.7 Å². The Kier molecular flexibility index (Phi) is 11.2. The molecular weight excluding hydrogens is 557 g/mol. The van der Waals surface area contributed by atoms with Crippen molar-refractivity contribution in [3.05, 3.63) is 63.5 Å². The van der Waals surface area contributed by atoms with Crippen molar-refractivity contribution < 1.29 is 28.2 Å². The molecule has 0 radical (unpaired) electrons. The Bertz CT molecular complexity index is 1370. The van der Waals surface area contributed by atoms with Gasteiger partial charge >= 0.3 is 12.1 Å². The van der Waals surface area contributed by atoms with Crippen LogP contribution < -0.4 is 9.54 Å². The van der Waals surface area contributed by atoms with Gasteiger partial charge in [-0.15, -0.1) is 11.3 Å². The highest BCUT2D eigenvalue weighted by molar-refractivity contribution is 7.07. The Hall–Kier alpha value is -3.37. The summed E-state index contributed by atoms with van der Waals surface area (Å²) in [6, 6.07) is 11.5. The highest BCUT2D eigenvalue weighted by Gasteiger charge is 2.23. The quantitative estimate of drug-likeness (QED) is 0.228. The third-order valence-electron chi connectivity index (χ3n) is 5.65. The van der Waals surface area contributed by atoms with E-state index < -0.39 is 11.7 Å². The molecule has 0 N–H and O–H groups in total. The topological polar surface area (TPSA) is 82.4 Å². The van der Waals surface area contributed by atoms with Crippen LogP contribution in [0.1, 0.15) is 40.5 Å². The van der Waals surface area contributed by atoms with Crippen LogP contribution in [0.25, 0.3) is 11.3 Å². The summed E-state index contributed by atoms with van der Waals surface area (Å²) in [5, 5.41) is 2.49. The molecule has 0 fully saturated rings. The molecule has 8 nitrogen and oxygen atoms in total. The lowest BCUT2D eigenvalue weighted by molar-refractivity contribution is -0.143. The fourth-order valence-electron chi connectivity index (χ4n) is 3.83. The highest BCUT2D eigenvalue weighted by Crippen LogP contribution is 2.30. The third kappa shape index (κ3) is 9.09. The van der Waals surface area contributed by atoms with E-state index in [0.29, 0.717) is 40.8 Å². The molecular formula is C29H35ClFN3O5S. The van der Waals surface area contributed by atoms with E-state index in [2.05, 4.69) is 0 Å². The molecule has 0 aliphatic carbocycles. The minimum atomic E-state index is -0.680.